The zero-order valence-electron chi connectivity index (χ0n) is 15.1. The number of rotatable bonds is 5. The van der Waals surface area contributed by atoms with Crippen LogP contribution in [0.2, 0.25) is 0 Å². The Balaban J connectivity index is 1.60. The second kappa shape index (κ2) is 7.88. The summed E-state index contributed by atoms with van der Waals surface area (Å²) in [4.78, 5) is 15.6. The molecule has 3 rings (SSSR count). The van der Waals surface area contributed by atoms with Crippen LogP contribution in [0.4, 0.5) is 10.3 Å². The fourth-order valence-corrected chi connectivity index (χ4v) is 3.87. The third kappa shape index (κ3) is 4.05. The minimum Gasteiger partial charge on any atom is -0.504 e. The van der Waals surface area contributed by atoms with E-state index in [0.717, 1.165) is 36.9 Å². The molecule has 2 aromatic rings. The van der Waals surface area contributed by atoms with Gasteiger partial charge in [0.1, 0.15) is 0 Å². The van der Waals surface area contributed by atoms with E-state index >= 15 is 0 Å². The molecule has 0 saturated carbocycles. The number of anilines is 2. The van der Waals surface area contributed by atoms with Crippen LogP contribution in [0.25, 0.3) is 0 Å². The monoisotopic (exact) mass is 377 g/mol. The molecule has 8 nitrogen and oxygen atoms in total. The first-order chi connectivity index (χ1) is 12.5. The Labute approximate surface area is 156 Å². The molecule has 2 heterocycles. The first kappa shape index (κ1) is 18.4. The maximum absolute atomic E-state index is 11.1. The number of carbonyl (C=O) groups excluding carboxylic acids is 1. The van der Waals surface area contributed by atoms with Crippen molar-refractivity contribution in [1.82, 2.24) is 15.1 Å². The molecule has 2 N–H and O–H groups in total. The van der Waals surface area contributed by atoms with Gasteiger partial charge in [-0.05, 0) is 24.6 Å². The van der Waals surface area contributed by atoms with Crippen LogP contribution in [-0.2, 0) is 4.79 Å². The van der Waals surface area contributed by atoms with Crippen LogP contribution >= 0.6 is 11.3 Å². The highest BCUT2D eigenvalue weighted by molar-refractivity contribution is 7.19. The Hall–Kier alpha value is -2.39. The summed E-state index contributed by atoms with van der Waals surface area (Å²) in [5, 5.41) is 22.2. The summed E-state index contributed by atoms with van der Waals surface area (Å²) < 4.78 is 5.11. The lowest BCUT2D eigenvalue weighted by molar-refractivity contribution is -0.114. The average molecular weight is 377 g/mol. The van der Waals surface area contributed by atoms with E-state index in [1.54, 1.807) is 19.2 Å². The SMILES string of the molecule is COc1ccc(C(C)N2CCN(c3nnc(NC(C)=O)s3)CC2)cc1O. The maximum atomic E-state index is 11.1. The molecule has 0 spiro atoms. The van der Waals surface area contributed by atoms with Crippen LogP contribution in [0, 0.1) is 0 Å². The standard InChI is InChI=1S/C17H23N5O3S/c1-11(13-4-5-15(25-3)14(24)10-13)21-6-8-22(9-7-21)17-20-19-16(26-17)18-12(2)23/h4-5,10-11,24H,6-9H2,1-3H3,(H,18,19,23). The summed E-state index contributed by atoms with van der Waals surface area (Å²) in [6, 6.07) is 5.74. The number of amides is 1. The molecule has 1 fully saturated rings. The fraction of sp³-hybridized carbons (Fsp3) is 0.471. The van der Waals surface area contributed by atoms with Gasteiger partial charge in [0.15, 0.2) is 11.5 Å². The molecule has 140 valence electrons. The number of phenols is 1. The molecule has 1 atom stereocenters. The maximum Gasteiger partial charge on any atom is 0.223 e. The van der Waals surface area contributed by atoms with Crippen LogP contribution < -0.4 is 15.0 Å². The number of aromatic hydroxyl groups is 1. The van der Waals surface area contributed by atoms with Crippen molar-refractivity contribution < 1.29 is 14.6 Å². The lowest BCUT2D eigenvalue weighted by Gasteiger charge is -2.38. The smallest absolute Gasteiger partial charge is 0.223 e. The highest BCUT2D eigenvalue weighted by atomic mass is 32.1. The number of benzene rings is 1. The second-order valence-corrected chi connectivity index (χ2v) is 7.16. The molecular weight excluding hydrogens is 354 g/mol. The molecule has 1 unspecified atom stereocenters. The number of phenolic OH excluding ortho intramolecular Hbond substituents is 1. The summed E-state index contributed by atoms with van der Waals surface area (Å²) in [6.45, 7) is 7.02. The highest BCUT2D eigenvalue weighted by Gasteiger charge is 2.24. The van der Waals surface area contributed by atoms with E-state index in [0.29, 0.717) is 10.9 Å². The van der Waals surface area contributed by atoms with Crippen molar-refractivity contribution >= 4 is 27.5 Å². The Morgan fingerprint density at radius 1 is 1.31 bits per heavy atom. The van der Waals surface area contributed by atoms with Crippen molar-refractivity contribution in [2.24, 2.45) is 0 Å². The number of aromatic nitrogens is 2. The average Bonchev–Trinajstić information content (AvgIpc) is 3.09. The minimum atomic E-state index is -0.144. The Kier molecular flexibility index (Phi) is 5.58. The first-order valence-electron chi connectivity index (χ1n) is 8.45. The van der Waals surface area contributed by atoms with Crippen molar-refractivity contribution in [3.63, 3.8) is 0 Å². The van der Waals surface area contributed by atoms with Crippen LogP contribution in [0.15, 0.2) is 18.2 Å². The van der Waals surface area contributed by atoms with Gasteiger partial charge in [0.05, 0.1) is 7.11 Å². The highest BCUT2D eigenvalue weighted by Crippen LogP contribution is 2.32. The topological polar surface area (TPSA) is 90.8 Å². The summed E-state index contributed by atoms with van der Waals surface area (Å²) in [5.74, 6) is 0.501. The zero-order valence-corrected chi connectivity index (χ0v) is 15.9. The molecule has 1 amide bonds. The van der Waals surface area contributed by atoms with Gasteiger partial charge in [-0.3, -0.25) is 9.69 Å². The van der Waals surface area contributed by atoms with Gasteiger partial charge < -0.3 is 20.1 Å². The number of piperazine rings is 1. The fourth-order valence-electron chi connectivity index (χ4n) is 3.02. The molecule has 1 aliphatic heterocycles. The molecule has 9 heteroatoms. The lowest BCUT2D eigenvalue weighted by Crippen LogP contribution is -2.47. The van der Waals surface area contributed by atoms with E-state index in [4.69, 9.17) is 4.74 Å². The molecule has 1 aliphatic rings. The predicted octanol–water partition coefficient (Wildman–Crippen LogP) is 2.09. The second-order valence-electron chi connectivity index (χ2n) is 6.20. The molecule has 1 saturated heterocycles. The molecule has 26 heavy (non-hydrogen) atoms. The van der Waals surface area contributed by atoms with E-state index in [1.807, 2.05) is 6.07 Å². The van der Waals surface area contributed by atoms with Gasteiger partial charge in [-0.25, -0.2) is 0 Å². The minimum absolute atomic E-state index is 0.144. The molecule has 0 aliphatic carbocycles. The summed E-state index contributed by atoms with van der Waals surface area (Å²) >= 11 is 1.39. The number of nitrogens with one attached hydrogen (secondary N) is 1. The van der Waals surface area contributed by atoms with Gasteiger partial charge in [-0.15, -0.1) is 10.2 Å². The predicted molar refractivity (Wildman–Crippen MR) is 101 cm³/mol. The van der Waals surface area contributed by atoms with Gasteiger partial charge >= 0.3 is 0 Å². The number of carbonyl (C=O) groups is 1. The molecule has 1 aromatic heterocycles. The Bertz CT molecular complexity index is 774. The molecular formula is C17H23N5O3S. The van der Waals surface area contributed by atoms with E-state index in [1.165, 1.54) is 18.3 Å². The third-order valence-corrected chi connectivity index (χ3v) is 5.41. The van der Waals surface area contributed by atoms with Crippen LogP contribution in [0.5, 0.6) is 11.5 Å². The Morgan fingerprint density at radius 2 is 2.04 bits per heavy atom. The molecule has 0 bridgehead atoms. The number of ether oxygens (including phenoxy) is 1. The van der Waals surface area contributed by atoms with Crippen molar-refractivity contribution in [1.29, 1.82) is 0 Å². The van der Waals surface area contributed by atoms with Crippen molar-refractivity contribution in [3.05, 3.63) is 23.8 Å². The van der Waals surface area contributed by atoms with E-state index in [9.17, 15) is 9.90 Å². The van der Waals surface area contributed by atoms with Crippen LogP contribution in [0.3, 0.4) is 0 Å². The summed E-state index contributed by atoms with van der Waals surface area (Å²) in [5.41, 5.74) is 1.06. The summed E-state index contributed by atoms with van der Waals surface area (Å²) in [7, 11) is 1.54. The van der Waals surface area contributed by atoms with Gasteiger partial charge in [0.2, 0.25) is 16.2 Å². The van der Waals surface area contributed by atoms with Crippen LogP contribution in [-0.4, -0.2) is 59.4 Å². The van der Waals surface area contributed by atoms with Gasteiger partial charge in [-0.1, -0.05) is 17.4 Å². The third-order valence-electron chi connectivity index (χ3n) is 4.52. The Morgan fingerprint density at radius 3 is 2.65 bits per heavy atom. The summed E-state index contributed by atoms with van der Waals surface area (Å²) in [6.07, 6.45) is 0. The van der Waals surface area contributed by atoms with E-state index in [2.05, 4.69) is 32.2 Å². The van der Waals surface area contributed by atoms with Gasteiger partial charge in [0.25, 0.3) is 0 Å². The first-order valence-corrected chi connectivity index (χ1v) is 9.26. The normalized spacial score (nSPS) is 16.3. The number of hydrogen-bond acceptors (Lipinski definition) is 8. The van der Waals surface area contributed by atoms with Crippen molar-refractivity contribution in [3.8, 4) is 11.5 Å². The molecule has 0 radical (unpaired) electrons. The number of methoxy groups -OCH3 is 1. The van der Waals surface area contributed by atoms with Crippen molar-refractivity contribution in [2.45, 2.75) is 19.9 Å². The van der Waals surface area contributed by atoms with E-state index in [-0.39, 0.29) is 17.7 Å². The van der Waals surface area contributed by atoms with Crippen LogP contribution in [0.1, 0.15) is 25.5 Å². The van der Waals surface area contributed by atoms with Crippen molar-refractivity contribution in [2.75, 3.05) is 43.5 Å². The quantitative estimate of drug-likeness (QED) is 0.824. The number of nitrogens with zero attached hydrogens (tertiary/aromatic N) is 4. The number of hydrogen-bond donors (Lipinski definition) is 2. The van der Waals surface area contributed by atoms with Gasteiger partial charge in [0, 0.05) is 39.1 Å². The van der Waals surface area contributed by atoms with Gasteiger partial charge in [-0.2, -0.15) is 0 Å². The largest absolute Gasteiger partial charge is 0.504 e. The molecule has 1 aromatic carbocycles. The lowest BCUT2D eigenvalue weighted by atomic mass is 10.1. The zero-order chi connectivity index (χ0) is 18.7. The van der Waals surface area contributed by atoms with E-state index < -0.39 is 0 Å².